The van der Waals surface area contributed by atoms with Crippen LogP contribution in [0.4, 0.5) is 0 Å². The number of primary amides is 1. The number of methoxy groups -OCH3 is 1. The van der Waals surface area contributed by atoms with E-state index in [4.69, 9.17) is 15.2 Å². The van der Waals surface area contributed by atoms with E-state index in [2.05, 4.69) is 4.90 Å². The van der Waals surface area contributed by atoms with E-state index in [-0.39, 0.29) is 31.1 Å². The Morgan fingerprint density at radius 2 is 2.25 bits per heavy atom. The molecule has 0 aromatic carbocycles. The van der Waals surface area contributed by atoms with Crippen molar-refractivity contribution in [1.29, 1.82) is 0 Å². The summed E-state index contributed by atoms with van der Waals surface area (Å²) in [6, 6.07) is 0. The quantitative estimate of drug-likeness (QED) is 0.653. The Balaban J connectivity index is 2.58. The SMILES string of the molecule is CO[C@@H](C)CC(=O)N(CC(N)=O)C[C@@H]1CN(C)CCO1. The van der Waals surface area contributed by atoms with Crippen LogP contribution in [0.2, 0.25) is 0 Å². The number of likely N-dealkylation sites (N-methyl/N-ethyl adjacent to an activating group) is 1. The van der Waals surface area contributed by atoms with Gasteiger partial charge in [0.2, 0.25) is 11.8 Å². The first-order valence-corrected chi connectivity index (χ1v) is 6.81. The topological polar surface area (TPSA) is 85.1 Å². The maximum absolute atomic E-state index is 12.2. The molecule has 0 unspecified atom stereocenters. The van der Waals surface area contributed by atoms with Gasteiger partial charge in [-0.1, -0.05) is 0 Å². The summed E-state index contributed by atoms with van der Waals surface area (Å²) < 4.78 is 10.7. The summed E-state index contributed by atoms with van der Waals surface area (Å²) >= 11 is 0. The summed E-state index contributed by atoms with van der Waals surface area (Å²) in [5.41, 5.74) is 5.21. The van der Waals surface area contributed by atoms with Crippen molar-refractivity contribution in [2.45, 2.75) is 25.6 Å². The molecule has 0 radical (unpaired) electrons. The Morgan fingerprint density at radius 3 is 2.80 bits per heavy atom. The van der Waals surface area contributed by atoms with Gasteiger partial charge >= 0.3 is 0 Å². The van der Waals surface area contributed by atoms with E-state index in [9.17, 15) is 9.59 Å². The predicted octanol–water partition coefficient (Wildman–Crippen LogP) is -0.944. The highest BCUT2D eigenvalue weighted by atomic mass is 16.5. The highest BCUT2D eigenvalue weighted by molar-refractivity contribution is 5.84. The maximum atomic E-state index is 12.2. The number of nitrogens with zero attached hydrogens (tertiary/aromatic N) is 2. The van der Waals surface area contributed by atoms with Crippen molar-refractivity contribution in [2.75, 3.05) is 46.9 Å². The van der Waals surface area contributed by atoms with Crippen LogP contribution in [0.3, 0.4) is 0 Å². The van der Waals surface area contributed by atoms with Crippen molar-refractivity contribution in [3.05, 3.63) is 0 Å². The van der Waals surface area contributed by atoms with Gasteiger partial charge in [-0.25, -0.2) is 0 Å². The van der Waals surface area contributed by atoms with Gasteiger partial charge in [-0.2, -0.15) is 0 Å². The minimum atomic E-state index is -0.521. The van der Waals surface area contributed by atoms with E-state index in [1.54, 1.807) is 7.11 Å². The van der Waals surface area contributed by atoms with Gasteiger partial charge in [-0.05, 0) is 14.0 Å². The van der Waals surface area contributed by atoms with Gasteiger partial charge in [-0.3, -0.25) is 9.59 Å². The van der Waals surface area contributed by atoms with E-state index in [1.807, 2.05) is 14.0 Å². The number of amides is 2. The van der Waals surface area contributed by atoms with E-state index in [0.29, 0.717) is 13.2 Å². The number of rotatable bonds is 7. The number of morpholine rings is 1. The molecule has 0 saturated carbocycles. The largest absolute Gasteiger partial charge is 0.381 e. The van der Waals surface area contributed by atoms with Crippen molar-refractivity contribution in [2.24, 2.45) is 5.73 Å². The van der Waals surface area contributed by atoms with Crippen LogP contribution in [0.5, 0.6) is 0 Å². The molecule has 0 aromatic rings. The van der Waals surface area contributed by atoms with Gasteiger partial charge in [0.1, 0.15) is 0 Å². The molecule has 2 N–H and O–H groups in total. The van der Waals surface area contributed by atoms with Gasteiger partial charge in [0, 0.05) is 26.7 Å². The van der Waals surface area contributed by atoms with Crippen molar-refractivity contribution in [3.8, 4) is 0 Å². The summed E-state index contributed by atoms with van der Waals surface area (Å²) in [7, 11) is 3.55. The predicted molar refractivity (Wildman–Crippen MR) is 74.1 cm³/mol. The molecule has 2 atom stereocenters. The van der Waals surface area contributed by atoms with Crippen molar-refractivity contribution in [1.82, 2.24) is 9.80 Å². The molecule has 1 heterocycles. The van der Waals surface area contributed by atoms with Gasteiger partial charge in [0.15, 0.2) is 0 Å². The molecule has 7 heteroatoms. The lowest BCUT2D eigenvalue weighted by Crippen LogP contribution is -2.49. The molecule has 1 saturated heterocycles. The first kappa shape index (κ1) is 16.9. The zero-order valence-electron chi connectivity index (χ0n) is 12.5. The van der Waals surface area contributed by atoms with Gasteiger partial charge < -0.3 is 25.0 Å². The average molecular weight is 287 g/mol. The molecule has 7 nitrogen and oxygen atoms in total. The zero-order valence-corrected chi connectivity index (χ0v) is 12.5. The molecule has 116 valence electrons. The number of hydrogen-bond acceptors (Lipinski definition) is 5. The fraction of sp³-hybridized carbons (Fsp3) is 0.846. The third kappa shape index (κ3) is 5.85. The molecule has 0 aromatic heterocycles. The Labute approximate surface area is 120 Å². The number of carbonyl (C=O) groups is 2. The standard InChI is InChI=1S/C13H25N3O4/c1-10(19-3)6-13(18)16(9-12(14)17)8-11-7-15(2)4-5-20-11/h10-11H,4-9H2,1-3H3,(H2,14,17)/t10-,11-/m0/s1. The van der Waals surface area contributed by atoms with Crippen LogP contribution in [0, 0.1) is 0 Å². The number of hydrogen-bond donors (Lipinski definition) is 1. The molecule has 1 rings (SSSR count). The summed E-state index contributed by atoms with van der Waals surface area (Å²) in [6.45, 7) is 4.35. The minimum absolute atomic E-state index is 0.0845. The molecule has 0 bridgehead atoms. The molecule has 1 aliphatic rings. The van der Waals surface area contributed by atoms with Gasteiger partial charge in [-0.15, -0.1) is 0 Å². The number of nitrogens with two attached hydrogens (primary N) is 1. The van der Waals surface area contributed by atoms with Crippen LogP contribution in [0.1, 0.15) is 13.3 Å². The smallest absolute Gasteiger partial charge is 0.237 e. The van der Waals surface area contributed by atoms with E-state index in [0.717, 1.165) is 13.1 Å². The summed E-state index contributed by atoms with van der Waals surface area (Å²) in [5.74, 6) is -0.664. The Kier molecular flexibility index (Phi) is 6.90. The Hall–Kier alpha value is -1.18. The molecule has 0 aliphatic carbocycles. The van der Waals surface area contributed by atoms with Crippen LogP contribution < -0.4 is 5.73 Å². The van der Waals surface area contributed by atoms with Crippen LogP contribution in [0.25, 0.3) is 0 Å². The lowest BCUT2D eigenvalue weighted by atomic mass is 10.2. The number of ether oxygens (including phenoxy) is 2. The van der Waals surface area contributed by atoms with Gasteiger partial charge in [0.25, 0.3) is 0 Å². The summed E-state index contributed by atoms with van der Waals surface area (Å²) in [5, 5.41) is 0. The van der Waals surface area contributed by atoms with Crippen LogP contribution in [-0.4, -0.2) is 80.8 Å². The Bertz CT molecular complexity index is 338. The Morgan fingerprint density at radius 1 is 1.55 bits per heavy atom. The van der Waals surface area contributed by atoms with E-state index in [1.165, 1.54) is 4.90 Å². The van der Waals surface area contributed by atoms with Crippen LogP contribution in [-0.2, 0) is 19.1 Å². The number of carbonyl (C=O) groups excluding carboxylic acids is 2. The van der Waals surface area contributed by atoms with Crippen molar-refractivity contribution >= 4 is 11.8 Å². The molecule has 1 aliphatic heterocycles. The van der Waals surface area contributed by atoms with Crippen LogP contribution >= 0.6 is 0 Å². The fourth-order valence-corrected chi connectivity index (χ4v) is 2.12. The first-order chi connectivity index (χ1) is 9.42. The molecule has 20 heavy (non-hydrogen) atoms. The lowest BCUT2D eigenvalue weighted by molar-refractivity contribution is -0.140. The highest BCUT2D eigenvalue weighted by Crippen LogP contribution is 2.08. The monoisotopic (exact) mass is 287 g/mol. The fourth-order valence-electron chi connectivity index (χ4n) is 2.12. The molecular weight excluding hydrogens is 262 g/mol. The molecule has 2 amide bonds. The van der Waals surface area contributed by atoms with E-state index >= 15 is 0 Å². The second kappa shape index (κ2) is 8.18. The summed E-state index contributed by atoms with van der Waals surface area (Å²) in [4.78, 5) is 26.9. The zero-order chi connectivity index (χ0) is 15.1. The normalized spacial score (nSPS) is 21.4. The van der Waals surface area contributed by atoms with Gasteiger partial charge in [0.05, 0.1) is 31.8 Å². The highest BCUT2D eigenvalue weighted by Gasteiger charge is 2.25. The van der Waals surface area contributed by atoms with Crippen molar-refractivity contribution in [3.63, 3.8) is 0 Å². The molecular formula is C13H25N3O4. The van der Waals surface area contributed by atoms with Crippen LogP contribution in [0.15, 0.2) is 0 Å². The van der Waals surface area contributed by atoms with E-state index < -0.39 is 5.91 Å². The third-order valence-corrected chi connectivity index (χ3v) is 3.33. The third-order valence-electron chi connectivity index (χ3n) is 3.33. The first-order valence-electron chi connectivity index (χ1n) is 6.81. The lowest BCUT2D eigenvalue weighted by Gasteiger charge is -2.33. The molecule has 0 spiro atoms. The molecule has 1 fully saturated rings. The van der Waals surface area contributed by atoms with Crippen molar-refractivity contribution < 1.29 is 19.1 Å². The summed E-state index contributed by atoms with van der Waals surface area (Å²) in [6.07, 6.45) is -0.0467. The maximum Gasteiger partial charge on any atom is 0.237 e. The second-order valence-corrected chi connectivity index (χ2v) is 5.25. The minimum Gasteiger partial charge on any atom is -0.381 e. The average Bonchev–Trinajstić information content (AvgIpc) is 2.37. The second-order valence-electron chi connectivity index (χ2n) is 5.25.